The van der Waals surface area contributed by atoms with Crippen molar-refractivity contribution in [3.63, 3.8) is 0 Å². The largest absolute Gasteiger partial charge is 0.326 e. The smallest absolute Gasteiger partial charge is 0.237 e. The lowest BCUT2D eigenvalue weighted by Gasteiger charge is -2.28. The van der Waals surface area contributed by atoms with Gasteiger partial charge < -0.3 is 10.2 Å². The van der Waals surface area contributed by atoms with Gasteiger partial charge in [-0.25, -0.2) is 4.98 Å². The average Bonchev–Trinajstić information content (AvgIpc) is 3.34. The first-order valence-corrected chi connectivity index (χ1v) is 9.63. The van der Waals surface area contributed by atoms with E-state index in [2.05, 4.69) is 40.3 Å². The highest BCUT2D eigenvalue weighted by Gasteiger charge is 2.29. The van der Waals surface area contributed by atoms with Crippen LogP contribution in [0.5, 0.6) is 0 Å². The van der Waals surface area contributed by atoms with E-state index in [1.165, 1.54) is 0 Å². The Labute approximate surface area is 165 Å². The molecule has 2 aromatic rings. The molecule has 8 heteroatoms. The number of amides is 1. The normalized spacial score (nSPS) is 16.9. The van der Waals surface area contributed by atoms with Crippen LogP contribution in [-0.4, -0.2) is 55.2 Å². The van der Waals surface area contributed by atoms with Gasteiger partial charge in [0.1, 0.15) is 12.4 Å². The highest BCUT2D eigenvalue weighted by atomic mass is 16.2. The minimum atomic E-state index is -0.276. The van der Waals surface area contributed by atoms with Crippen LogP contribution in [0, 0.1) is 18.3 Å². The maximum Gasteiger partial charge on any atom is 0.237 e. The van der Waals surface area contributed by atoms with Crippen LogP contribution in [0.15, 0.2) is 24.8 Å². The zero-order chi connectivity index (χ0) is 20.1. The molecule has 8 nitrogen and oxygen atoms in total. The highest BCUT2D eigenvalue weighted by Crippen LogP contribution is 2.17. The summed E-state index contributed by atoms with van der Waals surface area (Å²) in [5.41, 5.74) is 1.73. The third-order valence-electron chi connectivity index (χ3n) is 5.08. The molecule has 1 aliphatic heterocycles. The van der Waals surface area contributed by atoms with Crippen molar-refractivity contribution in [1.29, 1.82) is 5.26 Å². The topological polar surface area (TPSA) is 99.7 Å². The van der Waals surface area contributed by atoms with Crippen molar-refractivity contribution < 1.29 is 4.79 Å². The van der Waals surface area contributed by atoms with E-state index >= 15 is 0 Å². The summed E-state index contributed by atoms with van der Waals surface area (Å²) in [6, 6.07) is 3.95. The zero-order valence-electron chi connectivity index (χ0n) is 16.7. The molecule has 1 saturated heterocycles. The van der Waals surface area contributed by atoms with Gasteiger partial charge in [-0.3, -0.25) is 14.5 Å². The summed E-state index contributed by atoms with van der Waals surface area (Å²) < 4.78 is 1.81. The van der Waals surface area contributed by atoms with E-state index < -0.39 is 0 Å². The number of nitrogens with zero attached hydrogens (tertiary/aromatic N) is 6. The fourth-order valence-electron chi connectivity index (χ4n) is 3.31. The fourth-order valence-corrected chi connectivity index (χ4v) is 3.31. The van der Waals surface area contributed by atoms with Crippen molar-refractivity contribution >= 4 is 5.91 Å². The van der Waals surface area contributed by atoms with Gasteiger partial charge in [0.05, 0.1) is 12.6 Å². The second kappa shape index (κ2) is 8.48. The number of carbonyl (C=O) groups excluding carboxylic acids is 1. The number of nitrogens with one attached hydrogen (secondary N) is 1. The number of likely N-dealkylation sites (tertiary alicyclic amines) is 1. The van der Waals surface area contributed by atoms with Crippen molar-refractivity contribution in [2.45, 2.75) is 58.2 Å². The van der Waals surface area contributed by atoms with Gasteiger partial charge in [0.25, 0.3) is 0 Å². The monoisotopic (exact) mass is 381 g/mol. The van der Waals surface area contributed by atoms with Crippen LogP contribution in [0.2, 0.25) is 0 Å². The van der Waals surface area contributed by atoms with Gasteiger partial charge in [-0.1, -0.05) is 0 Å². The fraction of sp³-hybridized carbons (Fsp3) is 0.550. The van der Waals surface area contributed by atoms with Crippen molar-refractivity contribution in [2.75, 3.05) is 13.1 Å². The Hall–Kier alpha value is -2.79. The predicted octanol–water partition coefficient (Wildman–Crippen LogP) is 1.92. The zero-order valence-corrected chi connectivity index (χ0v) is 16.7. The molecular formula is C20H27N7O. The summed E-state index contributed by atoms with van der Waals surface area (Å²) in [6.45, 7) is 7.72. The average molecular weight is 381 g/mol. The Bertz CT molecular complexity index is 867. The number of pyridine rings is 1. The van der Waals surface area contributed by atoms with E-state index in [0.29, 0.717) is 18.9 Å². The van der Waals surface area contributed by atoms with Crippen LogP contribution in [-0.2, 0) is 11.3 Å². The van der Waals surface area contributed by atoms with E-state index in [1.54, 1.807) is 23.6 Å². The van der Waals surface area contributed by atoms with E-state index in [1.807, 2.05) is 17.7 Å². The van der Waals surface area contributed by atoms with Crippen LogP contribution >= 0.6 is 0 Å². The van der Waals surface area contributed by atoms with Gasteiger partial charge in [0.2, 0.25) is 5.91 Å². The molecule has 0 radical (unpaired) electrons. The van der Waals surface area contributed by atoms with Gasteiger partial charge in [-0.05, 0) is 51.7 Å². The van der Waals surface area contributed by atoms with Gasteiger partial charge in [0, 0.05) is 36.6 Å². The number of hydrogen-bond donors (Lipinski definition) is 1. The van der Waals surface area contributed by atoms with Gasteiger partial charge in [-0.15, -0.1) is 0 Å². The Morgan fingerprint density at radius 1 is 1.43 bits per heavy atom. The Balaban J connectivity index is 1.51. The molecule has 2 aromatic heterocycles. The van der Waals surface area contributed by atoms with Crippen LogP contribution in [0.1, 0.15) is 38.7 Å². The molecule has 1 aliphatic rings. The van der Waals surface area contributed by atoms with E-state index in [-0.39, 0.29) is 24.0 Å². The molecule has 1 fully saturated rings. The van der Waals surface area contributed by atoms with Crippen LogP contribution in [0.4, 0.5) is 0 Å². The first kappa shape index (κ1) is 20.0. The third kappa shape index (κ3) is 4.93. The van der Waals surface area contributed by atoms with E-state index in [9.17, 15) is 4.79 Å². The second-order valence-electron chi connectivity index (χ2n) is 7.94. The van der Waals surface area contributed by atoms with E-state index in [4.69, 9.17) is 5.26 Å². The second-order valence-corrected chi connectivity index (χ2v) is 7.94. The predicted molar refractivity (Wildman–Crippen MR) is 105 cm³/mol. The quantitative estimate of drug-likeness (QED) is 0.786. The maximum atomic E-state index is 12.4. The molecule has 0 unspecified atom stereocenters. The lowest BCUT2D eigenvalue weighted by molar-refractivity contribution is -0.130. The number of carbonyl (C=O) groups is 1. The summed E-state index contributed by atoms with van der Waals surface area (Å²) in [6.07, 6.45) is 7.75. The molecule has 28 heavy (non-hydrogen) atoms. The van der Waals surface area contributed by atoms with Gasteiger partial charge in [0.15, 0.2) is 5.82 Å². The van der Waals surface area contributed by atoms with Crippen molar-refractivity contribution in [3.8, 4) is 17.5 Å². The molecule has 1 amide bonds. The van der Waals surface area contributed by atoms with Crippen LogP contribution in [0.3, 0.4) is 0 Å². The molecular weight excluding hydrogens is 354 g/mol. The number of aromatic nitrogens is 4. The Kier molecular flexibility index (Phi) is 6.05. The standard InChI is InChI=1S/C20H27N7O/c1-15-9-16(12-22-11-15)19-23-14-26(25-19)8-6-20(2,3)24-13-18(28)27-7-4-5-17(27)10-21/h9,11-12,14,17,24H,4-8,13H2,1-3H3/t17-/m0/s1. The molecule has 0 saturated carbocycles. The molecule has 1 atom stereocenters. The van der Waals surface area contributed by atoms with Crippen molar-refractivity contribution in [3.05, 3.63) is 30.4 Å². The molecule has 0 spiro atoms. The summed E-state index contributed by atoms with van der Waals surface area (Å²) in [7, 11) is 0. The van der Waals surface area contributed by atoms with Gasteiger partial charge >= 0.3 is 0 Å². The molecule has 3 rings (SSSR count). The summed E-state index contributed by atoms with van der Waals surface area (Å²) in [4.78, 5) is 22.6. The van der Waals surface area contributed by atoms with Crippen LogP contribution < -0.4 is 5.32 Å². The van der Waals surface area contributed by atoms with Crippen LogP contribution in [0.25, 0.3) is 11.4 Å². The minimum absolute atomic E-state index is 0.00730. The minimum Gasteiger partial charge on any atom is -0.326 e. The molecule has 0 bridgehead atoms. The summed E-state index contributed by atoms with van der Waals surface area (Å²) in [5, 5.41) is 17.0. The SMILES string of the molecule is Cc1cncc(-c2ncn(CCC(C)(C)NCC(=O)N3CCC[C@H]3C#N)n2)c1. The number of aryl methyl sites for hydroxylation is 2. The maximum absolute atomic E-state index is 12.4. The number of nitriles is 1. The number of hydrogen-bond acceptors (Lipinski definition) is 6. The highest BCUT2D eigenvalue weighted by molar-refractivity contribution is 5.79. The molecule has 3 heterocycles. The lowest BCUT2D eigenvalue weighted by Crippen LogP contribution is -2.47. The molecule has 0 aliphatic carbocycles. The molecule has 148 valence electrons. The Morgan fingerprint density at radius 3 is 3.00 bits per heavy atom. The van der Waals surface area contributed by atoms with Crippen molar-refractivity contribution in [1.82, 2.24) is 30.0 Å². The summed E-state index contributed by atoms with van der Waals surface area (Å²) in [5.74, 6) is 0.654. The summed E-state index contributed by atoms with van der Waals surface area (Å²) >= 11 is 0. The Morgan fingerprint density at radius 2 is 2.25 bits per heavy atom. The molecule has 0 aromatic carbocycles. The van der Waals surface area contributed by atoms with E-state index in [0.717, 1.165) is 30.4 Å². The number of rotatable bonds is 7. The van der Waals surface area contributed by atoms with Crippen molar-refractivity contribution in [2.24, 2.45) is 0 Å². The van der Waals surface area contributed by atoms with Gasteiger partial charge in [-0.2, -0.15) is 10.4 Å². The molecule has 1 N–H and O–H groups in total. The first-order chi connectivity index (χ1) is 13.4. The third-order valence-corrected chi connectivity index (χ3v) is 5.08. The lowest BCUT2D eigenvalue weighted by atomic mass is 10.0. The first-order valence-electron chi connectivity index (χ1n) is 9.63.